The van der Waals surface area contributed by atoms with E-state index in [1.54, 1.807) is 19.9 Å². The van der Waals surface area contributed by atoms with Gasteiger partial charge >= 0.3 is 5.97 Å². The fourth-order valence-electron chi connectivity index (χ4n) is 1.32. The lowest BCUT2D eigenvalue weighted by Crippen LogP contribution is -2.32. The Morgan fingerprint density at radius 3 is 2.39 bits per heavy atom. The second-order valence-electron chi connectivity index (χ2n) is 4.03. The van der Waals surface area contributed by atoms with Gasteiger partial charge in [0.1, 0.15) is 5.75 Å². The van der Waals surface area contributed by atoms with Crippen LogP contribution in [0, 0.1) is 13.8 Å². The van der Waals surface area contributed by atoms with Gasteiger partial charge in [-0.05, 0) is 32.4 Å². The Kier molecular flexibility index (Phi) is 3.85. The molecule has 18 heavy (non-hydrogen) atoms. The summed E-state index contributed by atoms with van der Waals surface area (Å²) in [6, 6.07) is 3.03. The first-order valence-electron chi connectivity index (χ1n) is 5.20. The number of aliphatic carboxylic acids is 1. The molecule has 0 saturated carbocycles. The largest absolute Gasteiger partial charge is 0.507 e. The van der Waals surface area contributed by atoms with Crippen LogP contribution in [0.2, 0.25) is 0 Å². The lowest BCUT2D eigenvalue weighted by Gasteiger charge is -2.14. The van der Waals surface area contributed by atoms with E-state index in [0.29, 0.717) is 11.1 Å². The van der Waals surface area contributed by atoms with Crippen LogP contribution in [-0.2, 0) is 14.8 Å². The Morgan fingerprint density at radius 2 is 1.89 bits per heavy atom. The maximum Gasteiger partial charge on any atom is 0.323 e. The van der Waals surface area contributed by atoms with Crippen LogP contribution in [0.15, 0.2) is 12.1 Å². The number of rotatable bonds is 4. The lowest BCUT2D eigenvalue weighted by atomic mass is 10.1. The van der Waals surface area contributed by atoms with E-state index in [-0.39, 0.29) is 11.4 Å². The number of aromatic hydroxyl groups is 1. The molecule has 0 aromatic heterocycles. The van der Waals surface area contributed by atoms with Gasteiger partial charge in [-0.1, -0.05) is 6.07 Å². The first kappa shape index (κ1) is 14.3. The molecule has 100 valence electrons. The van der Waals surface area contributed by atoms with Crippen molar-refractivity contribution in [3.05, 3.63) is 23.3 Å². The predicted molar refractivity (Wildman–Crippen MR) is 67.2 cm³/mol. The third-order valence-corrected chi connectivity index (χ3v) is 4.34. The van der Waals surface area contributed by atoms with Gasteiger partial charge in [0.05, 0.1) is 5.69 Å². The molecule has 7 heteroatoms. The van der Waals surface area contributed by atoms with Crippen LogP contribution in [-0.4, -0.2) is 29.9 Å². The van der Waals surface area contributed by atoms with Crippen LogP contribution < -0.4 is 4.72 Å². The maximum atomic E-state index is 11.7. The number of phenols is 1. The van der Waals surface area contributed by atoms with E-state index in [4.69, 9.17) is 5.11 Å². The SMILES string of the molecule is Cc1ccc(NS(=O)(=O)C(C)C(=O)O)c(C)c1O. The molecule has 1 atom stereocenters. The third kappa shape index (κ3) is 2.73. The average molecular weight is 273 g/mol. The van der Waals surface area contributed by atoms with Crippen molar-refractivity contribution < 1.29 is 23.4 Å². The zero-order valence-electron chi connectivity index (χ0n) is 10.3. The zero-order chi connectivity index (χ0) is 14.1. The van der Waals surface area contributed by atoms with E-state index >= 15 is 0 Å². The summed E-state index contributed by atoms with van der Waals surface area (Å²) in [5.74, 6) is -1.45. The molecular formula is C11H15NO5S. The summed E-state index contributed by atoms with van der Waals surface area (Å²) in [6.45, 7) is 4.31. The molecule has 0 radical (unpaired) electrons. The van der Waals surface area contributed by atoms with Crippen molar-refractivity contribution in [1.29, 1.82) is 0 Å². The van der Waals surface area contributed by atoms with Crippen molar-refractivity contribution in [3.8, 4) is 5.75 Å². The molecule has 0 spiro atoms. The van der Waals surface area contributed by atoms with Crippen molar-refractivity contribution in [3.63, 3.8) is 0 Å². The van der Waals surface area contributed by atoms with Gasteiger partial charge in [-0.15, -0.1) is 0 Å². The molecule has 0 saturated heterocycles. The normalized spacial score (nSPS) is 13.1. The quantitative estimate of drug-likeness (QED) is 0.765. The van der Waals surface area contributed by atoms with Crippen molar-refractivity contribution in [2.75, 3.05) is 4.72 Å². The molecule has 0 fully saturated rings. The molecule has 0 heterocycles. The number of anilines is 1. The monoisotopic (exact) mass is 273 g/mol. The fraction of sp³-hybridized carbons (Fsp3) is 0.364. The average Bonchev–Trinajstić information content (AvgIpc) is 2.28. The second kappa shape index (κ2) is 4.85. The van der Waals surface area contributed by atoms with Crippen molar-refractivity contribution in [2.24, 2.45) is 0 Å². The van der Waals surface area contributed by atoms with Gasteiger partial charge in [0.15, 0.2) is 5.25 Å². The number of phenolic OH excluding ortho intramolecular Hbond substituents is 1. The minimum atomic E-state index is -4.03. The Balaban J connectivity index is 3.13. The van der Waals surface area contributed by atoms with Crippen molar-refractivity contribution >= 4 is 21.7 Å². The van der Waals surface area contributed by atoms with Gasteiger partial charge in [0, 0.05) is 5.56 Å². The van der Waals surface area contributed by atoms with Crippen molar-refractivity contribution in [1.82, 2.24) is 0 Å². The van der Waals surface area contributed by atoms with Crippen LogP contribution in [0.1, 0.15) is 18.1 Å². The molecule has 3 N–H and O–H groups in total. The summed E-state index contributed by atoms with van der Waals surface area (Å²) in [7, 11) is -4.03. The number of hydrogen-bond donors (Lipinski definition) is 3. The Morgan fingerprint density at radius 1 is 1.33 bits per heavy atom. The fourth-order valence-corrected chi connectivity index (χ4v) is 2.29. The third-order valence-electron chi connectivity index (χ3n) is 2.70. The van der Waals surface area contributed by atoms with Crippen LogP contribution in [0.4, 0.5) is 5.69 Å². The van der Waals surface area contributed by atoms with Gasteiger partial charge in [-0.3, -0.25) is 9.52 Å². The molecule has 1 rings (SSSR count). The minimum absolute atomic E-state index is 0.0156. The Bertz CT molecular complexity index is 579. The number of hydrogen-bond acceptors (Lipinski definition) is 4. The second-order valence-corrected chi connectivity index (χ2v) is 6.03. The minimum Gasteiger partial charge on any atom is -0.507 e. The molecule has 0 aliphatic heterocycles. The van der Waals surface area contributed by atoms with Gasteiger partial charge in [-0.2, -0.15) is 0 Å². The molecule has 1 aromatic rings. The van der Waals surface area contributed by atoms with E-state index in [1.807, 2.05) is 0 Å². The van der Waals surface area contributed by atoms with E-state index in [2.05, 4.69) is 4.72 Å². The smallest absolute Gasteiger partial charge is 0.323 e. The highest BCUT2D eigenvalue weighted by atomic mass is 32.2. The van der Waals surface area contributed by atoms with Crippen LogP contribution in [0.3, 0.4) is 0 Å². The Hall–Kier alpha value is -1.76. The number of sulfonamides is 1. The van der Waals surface area contributed by atoms with E-state index in [0.717, 1.165) is 6.92 Å². The molecule has 0 aliphatic carbocycles. The van der Waals surface area contributed by atoms with Crippen LogP contribution in [0.5, 0.6) is 5.75 Å². The van der Waals surface area contributed by atoms with E-state index < -0.39 is 21.2 Å². The molecular weight excluding hydrogens is 258 g/mol. The number of nitrogens with one attached hydrogen (secondary N) is 1. The summed E-state index contributed by atoms with van der Waals surface area (Å²) in [5.41, 5.74) is 1.14. The predicted octanol–water partition coefficient (Wildman–Crippen LogP) is 1.22. The summed E-state index contributed by atoms with van der Waals surface area (Å²) in [4.78, 5) is 10.7. The molecule has 0 aliphatic rings. The number of aryl methyl sites for hydroxylation is 1. The molecule has 6 nitrogen and oxygen atoms in total. The highest BCUT2D eigenvalue weighted by Gasteiger charge is 2.28. The first-order valence-corrected chi connectivity index (χ1v) is 6.75. The topological polar surface area (TPSA) is 104 Å². The van der Waals surface area contributed by atoms with E-state index in [1.165, 1.54) is 6.07 Å². The van der Waals surface area contributed by atoms with Gasteiger partial charge in [-0.25, -0.2) is 8.42 Å². The van der Waals surface area contributed by atoms with Gasteiger partial charge in [0.25, 0.3) is 0 Å². The highest BCUT2D eigenvalue weighted by Crippen LogP contribution is 2.29. The van der Waals surface area contributed by atoms with Crippen LogP contribution in [0.25, 0.3) is 0 Å². The molecule has 0 amide bonds. The number of benzene rings is 1. The summed E-state index contributed by atoms with van der Waals surface area (Å²) >= 11 is 0. The number of carboxylic acids is 1. The van der Waals surface area contributed by atoms with E-state index in [9.17, 15) is 18.3 Å². The summed E-state index contributed by atoms with van der Waals surface area (Å²) in [5, 5.41) is 16.8. The summed E-state index contributed by atoms with van der Waals surface area (Å²) in [6.07, 6.45) is 0. The Labute approximate surface area is 105 Å². The standard InChI is InChI=1S/C11H15NO5S/c1-6-4-5-9(7(2)10(6)13)12-18(16,17)8(3)11(14)15/h4-5,8,12-13H,1-3H3,(H,14,15). The summed E-state index contributed by atoms with van der Waals surface area (Å²) < 4.78 is 25.6. The lowest BCUT2D eigenvalue weighted by molar-refractivity contribution is -0.136. The van der Waals surface area contributed by atoms with Gasteiger partial charge < -0.3 is 10.2 Å². The number of carboxylic acid groups (broad SMARTS) is 1. The highest BCUT2D eigenvalue weighted by molar-refractivity contribution is 7.94. The molecule has 0 bridgehead atoms. The molecule has 1 aromatic carbocycles. The molecule has 1 unspecified atom stereocenters. The van der Waals surface area contributed by atoms with Crippen molar-refractivity contribution in [2.45, 2.75) is 26.0 Å². The van der Waals surface area contributed by atoms with Gasteiger partial charge in [0.2, 0.25) is 10.0 Å². The first-order chi connectivity index (χ1) is 8.16. The zero-order valence-corrected chi connectivity index (χ0v) is 11.1. The maximum absolute atomic E-state index is 11.7. The number of carbonyl (C=O) groups is 1. The van der Waals surface area contributed by atoms with Crippen LogP contribution >= 0.6 is 0 Å².